The number of para-hydroxylation sites is 1. The lowest BCUT2D eigenvalue weighted by Crippen LogP contribution is -2.57. The van der Waals surface area contributed by atoms with E-state index in [1.807, 2.05) is 62.4 Å². The number of carbonyl (C=O) groups is 4. The molecule has 3 aliphatic rings. The molecule has 48 heavy (non-hydrogen) atoms. The third-order valence-corrected chi connectivity index (χ3v) is 10.5. The number of carbonyl (C=O) groups excluding carboxylic acids is 4. The van der Waals surface area contributed by atoms with E-state index in [4.69, 9.17) is 9.47 Å². The molecule has 2 aromatic carbocycles. The number of alkyl halides is 1. The van der Waals surface area contributed by atoms with Crippen LogP contribution in [-0.4, -0.2) is 82.5 Å². The first-order chi connectivity index (χ1) is 23.1. The number of esters is 1. The van der Waals surface area contributed by atoms with E-state index in [0.717, 1.165) is 16.8 Å². The summed E-state index contributed by atoms with van der Waals surface area (Å²) in [6.07, 6.45) is 3.13. The van der Waals surface area contributed by atoms with Crippen molar-refractivity contribution in [3.63, 3.8) is 0 Å². The summed E-state index contributed by atoms with van der Waals surface area (Å²) in [5, 5.41) is 12.6. The normalized spacial score (nSPS) is 26.1. The van der Waals surface area contributed by atoms with E-state index in [1.54, 1.807) is 17.1 Å². The molecule has 3 fully saturated rings. The summed E-state index contributed by atoms with van der Waals surface area (Å²) in [4.78, 5) is 58.7. The summed E-state index contributed by atoms with van der Waals surface area (Å²) in [6, 6.07) is 13.9. The second-order valence-corrected chi connectivity index (χ2v) is 13.9. The van der Waals surface area contributed by atoms with Crippen LogP contribution in [0.15, 0.2) is 73.8 Å². The van der Waals surface area contributed by atoms with E-state index in [1.165, 1.54) is 4.90 Å². The average molecular weight is 723 g/mol. The number of likely N-dealkylation sites (tertiary alicyclic amines) is 1. The van der Waals surface area contributed by atoms with Crippen LogP contribution in [0.5, 0.6) is 0 Å². The summed E-state index contributed by atoms with van der Waals surface area (Å²) in [6.45, 7) is 11.6. The number of hydrogen-bond donors (Lipinski definition) is 2. The van der Waals surface area contributed by atoms with Crippen LogP contribution in [0.2, 0.25) is 0 Å². The minimum atomic E-state index is -1.30. The van der Waals surface area contributed by atoms with E-state index < -0.39 is 41.7 Å². The maximum absolute atomic E-state index is 14.8. The first-order valence-electron chi connectivity index (χ1n) is 16.4. The number of anilines is 1. The van der Waals surface area contributed by atoms with Gasteiger partial charge in [0.1, 0.15) is 17.7 Å². The predicted molar refractivity (Wildman–Crippen MR) is 185 cm³/mol. The lowest BCUT2D eigenvalue weighted by molar-refractivity contribution is -0.160. The highest BCUT2D eigenvalue weighted by atomic mass is 79.9. The molecule has 10 nitrogen and oxygen atoms in total. The zero-order valence-electron chi connectivity index (χ0n) is 27.5. The Morgan fingerprint density at radius 1 is 1.15 bits per heavy atom. The lowest BCUT2D eigenvalue weighted by Gasteiger charge is -2.37. The highest BCUT2D eigenvalue weighted by molar-refractivity contribution is 9.09. The number of amides is 3. The van der Waals surface area contributed by atoms with Gasteiger partial charge in [-0.15, -0.1) is 13.2 Å². The van der Waals surface area contributed by atoms with Gasteiger partial charge in [-0.1, -0.05) is 76.6 Å². The third kappa shape index (κ3) is 6.60. The van der Waals surface area contributed by atoms with Gasteiger partial charge in [-0.2, -0.15) is 0 Å². The Balaban J connectivity index is 1.49. The number of ether oxygens (including phenoxy) is 2. The molecule has 0 saturated carbocycles. The first kappa shape index (κ1) is 35.5. The lowest BCUT2D eigenvalue weighted by atomic mass is 9.70. The molecular formula is C37H44BrN3O7. The van der Waals surface area contributed by atoms with Crippen molar-refractivity contribution in [3.8, 4) is 0 Å². The van der Waals surface area contributed by atoms with E-state index in [-0.39, 0.29) is 61.6 Å². The fourth-order valence-corrected chi connectivity index (χ4v) is 8.54. The van der Waals surface area contributed by atoms with Crippen LogP contribution in [0, 0.1) is 25.7 Å². The van der Waals surface area contributed by atoms with Crippen molar-refractivity contribution in [2.75, 3.05) is 31.1 Å². The fourth-order valence-electron chi connectivity index (χ4n) is 7.60. The largest absolute Gasteiger partial charge is 0.455 e. The van der Waals surface area contributed by atoms with Crippen LogP contribution in [0.1, 0.15) is 48.5 Å². The van der Waals surface area contributed by atoms with Crippen molar-refractivity contribution < 1.29 is 33.8 Å². The maximum atomic E-state index is 14.8. The third-order valence-electron chi connectivity index (χ3n) is 9.63. The number of allylic oxidation sites excluding steroid dienone is 1. The van der Waals surface area contributed by atoms with Gasteiger partial charge in [0.05, 0.1) is 24.5 Å². The molecule has 3 aliphatic heterocycles. The Labute approximate surface area is 290 Å². The smallest absolute Gasteiger partial charge is 0.313 e. The number of halogens is 1. The van der Waals surface area contributed by atoms with Crippen molar-refractivity contribution in [2.45, 2.75) is 68.2 Å². The number of aryl methyl sites for hydroxylation is 2. The molecule has 0 radical (unpaired) electrons. The minimum Gasteiger partial charge on any atom is -0.455 e. The second-order valence-electron chi connectivity index (χ2n) is 12.7. The highest BCUT2D eigenvalue weighted by Gasteiger charge is 2.77. The standard InChI is InChI=1S/C37H44BrN3O7/c1-5-7-17-28(43)39-22-27(25-15-9-8-10-16-25)47-36(46)29-30-34(44)41(19-12-20-42)33(37(30)21-26(38)32(29)48-37)35(45)40(18-6-2)31-23(3)13-11-14-24(31)4/h5-6,8-11,13-16,26-27,29-30,32-33,42H,1-2,7,12,17-22H2,3-4H3,(H,39,43)/t26?,27-,29+,30-,32+,33+,37-/m0/s1. The summed E-state index contributed by atoms with van der Waals surface area (Å²) >= 11 is 3.72. The zero-order chi connectivity index (χ0) is 34.6. The molecule has 2 bridgehead atoms. The fraction of sp³-hybridized carbons (Fsp3) is 0.459. The van der Waals surface area contributed by atoms with Gasteiger partial charge in [-0.05, 0) is 49.8 Å². The molecule has 7 atom stereocenters. The Morgan fingerprint density at radius 2 is 1.85 bits per heavy atom. The number of aliphatic hydroxyl groups is 1. The molecule has 0 aromatic heterocycles. The number of rotatable bonds is 15. The summed E-state index contributed by atoms with van der Waals surface area (Å²) in [5.74, 6) is -3.51. The van der Waals surface area contributed by atoms with E-state index in [9.17, 15) is 24.3 Å². The van der Waals surface area contributed by atoms with Crippen LogP contribution in [0.4, 0.5) is 5.69 Å². The number of fused-ring (bicyclic) bond motifs is 1. The Kier molecular flexibility index (Phi) is 11.2. The predicted octanol–water partition coefficient (Wildman–Crippen LogP) is 4.32. The van der Waals surface area contributed by atoms with Crippen molar-refractivity contribution in [2.24, 2.45) is 11.8 Å². The molecule has 3 heterocycles. The number of benzene rings is 2. The molecule has 2 N–H and O–H groups in total. The van der Waals surface area contributed by atoms with Gasteiger partial charge in [0, 0.05) is 36.6 Å². The number of nitrogens with zero attached hydrogens (tertiary/aromatic N) is 2. The molecule has 3 amide bonds. The molecule has 5 rings (SSSR count). The number of nitrogens with one attached hydrogen (secondary N) is 1. The molecular weight excluding hydrogens is 678 g/mol. The quantitative estimate of drug-likeness (QED) is 0.160. The molecule has 256 valence electrons. The summed E-state index contributed by atoms with van der Waals surface area (Å²) in [7, 11) is 0. The average Bonchev–Trinajstić information content (AvgIpc) is 3.67. The molecule has 1 spiro atoms. The van der Waals surface area contributed by atoms with Gasteiger partial charge in [0.15, 0.2) is 0 Å². The topological polar surface area (TPSA) is 125 Å². The monoisotopic (exact) mass is 721 g/mol. The van der Waals surface area contributed by atoms with Gasteiger partial charge >= 0.3 is 5.97 Å². The number of aliphatic hydroxyl groups excluding tert-OH is 1. The van der Waals surface area contributed by atoms with E-state index in [0.29, 0.717) is 18.4 Å². The van der Waals surface area contributed by atoms with Gasteiger partial charge < -0.3 is 29.7 Å². The van der Waals surface area contributed by atoms with Gasteiger partial charge in [0.2, 0.25) is 11.8 Å². The van der Waals surface area contributed by atoms with Crippen LogP contribution in [-0.2, 0) is 28.7 Å². The molecule has 3 saturated heterocycles. The second kappa shape index (κ2) is 15.2. The molecule has 11 heteroatoms. The molecule has 0 aliphatic carbocycles. The Morgan fingerprint density at radius 3 is 2.50 bits per heavy atom. The van der Waals surface area contributed by atoms with Crippen LogP contribution in [0.3, 0.4) is 0 Å². The van der Waals surface area contributed by atoms with Crippen molar-refractivity contribution in [3.05, 3.63) is 90.5 Å². The SMILES string of the molecule is C=CCCC(=O)NC[C@H](OC(=O)[C@H]1[C@@H]2O[C@@]3(CC2Br)[C@@H]1C(=O)N(CCCO)[C@@H]3C(=O)N(CC=C)c1c(C)cccc1C)c1ccccc1. The van der Waals surface area contributed by atoms with Gasteiger partial charge in [0.25, 0.3) is 5.91 Å². The Bertz CT molecular complexity index is 1530. The van der Waals surface area contributed by atoms with Crippen molar-refractivity contribution >= 4 is 45.3 Å². The van der Waals surface area contributed by atoms with Crippen molar-refractivity contribution in [1.29, 1.82) is 0 Å². The van der Waals surface area contributed by atoms with Crippen molar-refractivity contribution in [1.82, 2.24) is 10.2 Å². The molecule has 1 unspecified atom stereocenters. The van der Waals surface area contributed by atoms with E-state index >= 15 is 0 Å². The van der Waals surface area contributed by atoms with Gasteiger partial charge in [-0.25, -0.2) is 0 Å². The highest BCUT2D eigenvalue weighted by Crippen LogP contribution is 2.60. The van der Waals surface area contributed by atoms with E-state index in [2.05, 4.69) is 34.4 Å². The van der Waals surface area contributed by atoms with Crippen LogP contribution >= 0.6 is 15.9 Å². The Hall–Kier alpha value is -3.80. The number of hydrogen-bond acceptors (Lipinski definition) is 7. The minimum absolute atomic E-state index is 0.0432. The zero-order valence-corrected chi connectivity index (χ0v) is 29.1. The maximum Gasteiger partial charge on any atom is 0.313 e. The van der Waals surface area contributed by atoms with Crippen LogP contribution < -0.4 is 10.2 Å². The first-order valence-corrected chi connectivity index (χ1v) is 17.4. The van der Waals surface area contributed by atoms with Crippen LogP contribution in [0.25, 0.3) is 0 Å². The molecule has 2 aromatic rings. The summed E-state index contributed by atoms with van der Waals surface area (Å²) in [5.41, 5.74) is 1.91. The summed E-state index contributed by atoms with van der Waals surface area (Å²) < 4.78 is 12.8. The van der Waals surface area contributed by atoms with Gasteiger partial charge in [-0.3, -0.25) is 19.2 Å².